The topological polar surface area (TPSA) is 108 Å². The van der Waals surface area contributed by atoms with Crippen molar-refractivity contribution in [2.75, 3.05) is 26.9 Å². The summed E-state index contributed by atoms with van der Waals surface area (Å²) in [4.78, 5) is 24.1. The van der Waals surface area contributed by atoms with Gasteiger partial charge >= 0.3 is 12.3 Å². The summed E-state index contributed by atoms with van der Waals surface area (Å²) in [7, 11) is 1.38. The van der Waals surface area contributed by atoms with Crippen LogP contribution in [-0.2, 0) is 37.9 Å². The molecule has 30 heavy (non-hydrogen) atoms. The zero-order valence-corrected chi connectivity index (χ0v) is 17.1. The molecule has 166 valence electrons. The van der Waals surface area contributed by atoms with Gasteiger partial charge in [-0.2, -0.15) is 0 Å². The second-order valence-electron chi connectivity index (χ2n) is 6.49. The summed E-state index contributed by atoms with van der Waals surface area (Å²) < 4.78 is 43.6. The highest BCUT2D eigenvalue weighted by atomic mass is 16.8. The number of fused-ring (bicyclic) bond motifs is 1. The Morgan fingerprint density at radius 3 is 2.20 bits per heavy atom. The summed E-state index contributed by atoms with van der Waals surface area (Å²) in [5.41, 5.74) is 0.780. The third kappa shape index (κ3) is 5.20. The third-order valence-corrected chi connectivity index (χ3v) is 4.58. The van der Waals surface area contributed by atoms with E-state index in [9.17, 15) is 9.59 Å². The van der Waals surface area contributed by atoms with Gasteiger partial charge in [-0.1, -0.05) is 30.3 Å². The highest BCUT2D eigenvalue weighted by Gasteiger charge is 2.54. The van der Waals surface area contributed by atoms with Crippen LogP contribution in [0.15, 0.2) is 30.3 Å². The van der Waals surface area contributed by atoms with Crippen molar-refractivity contribution in [3.05, 3.63) is 35.9 Å². The zero-order chi connectivity index (χ0) is 21.5. The monoisotopic (exact) mass is 426 g/mol. The summed E-state index contributed by atoms with van der Waals surface area (Å²) >= 11 is 0. The van der Waals surface area contributed by atoms with E-state index >= 15 is 0 Å². The average Bonchev–Trinajstić information content (AvgIpc) is 2.75. The van der Waals surface area contributed by atoms with E-state index in [1.165, 1.54) is 7.11 Å². The number of hydrogen-bond donors (Lipinski definition) is 0. The lowest BCUT2D eigenvalue weighted by Crippen LogP contribution is -2.64. The van der Waals surface area contributed by atoms with Crippen molar-refractivity contribution < 1.29 is 47.5 Å². The molecule has 2 heterocycles. The summed E-state index contributed by atoms with van der Waals surface area (Å²) in [6.45, 7) is 3.67. The highest BCUT2D eigenvalue weighted by Crippen LogP contribution is 2.36. The van der Waals surface area contributed by atoms with Gasteiger partial charge in [0.2, 0.25) is 0 Å². The number of carbonyl (C=O) groups is 2. The first-order chi connectivity index (χ1) is 14.6. The van der Waals surface area contributed by atoms with Crippen molar-refractivity contribution in [2.24, 2.45) is 0 Å². The van der Waals surface area contributed by atoms with Crippen molar-refractivity contribution >= 4 is 12.3 Å². The number of benzene rings is 1. The number of ether oxygens (including phenoxy) is 8. The van der Waals surface area contributed by atoms with Crippen LogP contribution in [0.25, 0.3) is 0 Å². The molecule has 1 aromatic rings. The van der Waals surface area contributed by atoms with Gasteiger partial charge in [0.15, 0.2) is 24.8 Å². The fourth-order valence-electron chi connectivity index (χ4n) is 3.30. The van der Waals surface area contributed by atoms with E-state index in [0.29, 0.717) is 0 Å². The summed E-state index contributed by atoms with van der Waals surface area (Å²) in [6.07, 6.45) is -7.28. The van der Waals surface area contributed by atoms with E-state index in [-0.39, 0.29) is 19.8 Å². The minimum atomic E-state index is -1.14. The minimum absolute atomic E-state index is 0.111. The molecule has 0 spiro atoms. The van der Waals surface area contributed by atoms with Gasteiger partial charge in [0, 0.05) is 12.7 Å². The maximum atomic E-state index is 12.1. The second kappa shape index (κ2) is 10.6. The lowest BCUT2D eigenvalue weighted by Gasteiger charge is -2.47. The van der Waals surface area contributed by atoms with Crippen molar-refractivity contribution in [1.82, 2.24) is 0 Å². The Labute approximate surface area is 174 Å². The molecule has 2 fully saturated rings. The molecule has 1 aromatic carbocycles. The predicted molar refractivity (Wildman–Crippen MR) is 99.5 cm³/mol. The lowest BCUT2D eigenvalue weighted by molar-refractivity contribution is -0.358. The molecule has 0 saturated carbocycles. The van der Waals surface area contributed by atoms with Crippen LogP contribution in [0.3, 0.4) is 0 Å². The second-order valence-corrected chi connectivity index (χ2v) is 6.49. The molecule has 3 rings (SSSR count). The maximum absolute atomic E-state index is 12.1. The van der Waals surface area contributed by atoms with E-state index in [2.05, 4.69) is 0 Å². The SMILES string of the molecule is CCOC(=O)O[C@@H]1[C@@H](OC(=O)OCC)[C@@H](OC)O[C@@H]2CO[C@H](c3ccccc3)O[C@@H]12. The van der Waals surface area contributed by atoms with Gasteiger partial charge in [-0.05, 0) is 13.8 Å². The molecular formula is C20H26O10. The van der Waals surface area contributed by atoms with Crippen molar-refractivity contribution in [2.45, 2.75) is 50.8 Å². The van der Waals surface area contributed by atoms with Gasteiger partial charge in [0.1, 0.15) is 12.2 Å². The fourth-order valence-corrected chi connectivity index (χ4v) is 3.30. The fraction of sp³-hybridized carbons (Fsp3) is 0.600. The molecule has 2 aliphatic rings. The Balaban J connectivity index is 1.85. The maximum Gasteiger partial charge on any atom is 0.508 e. The van der Waals surface area contributed by atoms with E-state index in [4.69, 9.17) is 37.9 Å². The molecule has 0 N–H and O–H groups in total. The number of carbonyl (C=O) groups excluding carboxylic acids is 2. The quantitative estimate of drug-likeness (QED) is 0.630. The lowest BCUT2D eigenvalue weighted by atomic mass is 9.97. The van der Waals surface area contributed by atoms with Crippen molar-refractivity contribution in [1.29, 1.82) is 0 Å². The first-order valence-electron chi connectivity index (χ1n) is 9.74. The van der Waals surface area contributed by atoms with Crippen LogP contribution in [0, 0.1) is 0 Å². The van der Waals surface area contributed by atoms with E-state index in [1.807, 2.05) is 30.3 Å². The van der Waals surface area contributed by atoms with Crippen LogP contribution >= 0.6 is 0 Å². The van der Waals surface area contributed by atoms with Gasteiger partial charge in [-0.25, -0.2) is 9.59 Å². The smallest absolute Gasteiger partial charge is 0.435 e. The first kappa shape index (κ1) is 22.3. The molecule has 10 heteroatoms. The number of methoxy groups -OCH3 is 1. The van der Waals surface area contributed by atoms with Crippen LogP contribution in [0.4, 0.5) is 9.59 Å². The molecule has 0 amide bonds. The summed E-state index contributed by atoms with van der Waals surface area (Å²) in [5, 5.41) is 0. The third-order valence-electron chi connectivity index (χ3n) is 4.58. The Morgan fingerprint density at radius 1 is 0.967 bits per heavy atom. The van der Waals surface area contributed by atoms with Crippen LogP contribution in [0.5, 0.6) is 0 Å². The molecule has 0 unspecified atom stereocenters. The van der Waals surface area contributed by atoms with Crippen LogP contribution in [-0.4, -0.2) is 69.9 Å². The van der Waals surface area contributed by atoms with Gasteiger partial charge < -0.3 is 37.9 Å². The Kier molecular flexibility index (Phi) is 7.86. The van der Waals surface area contributed by atoms with E-state index < -0.39 is 49.3 Å². The molecule has 2 saturated heterocycles. The summed E-state index contributed by atoms with van der Waals surface area (Å²) in [5.74, 6) is 0. The summed E-state index contributed by atoms with van der Waals surface area (Å²) in [6, 6.07) is 9.27. The Morgan fingerprint density at radius 2 is 1.60 bits per heavy atom. The van der Waals surface area contributed by atoms with Crippen molar-refractivity contribution in [3.8, 4) is 0 Å². The van der Waals surface area contributed by atoms with Crippen LogP contribution < -0.4 is 0 Å². The number of hydrogen-bond acceptors (Lipinski definition) is 10. The minimum Gasteiger partial charge on any atom is -0.435 e. The molecule has 0 radical (unpaired) electrons. The molecular weight excluding hydrogens is 400 g/mol. The Bertz CT molecular complexity index is 696. The average molecular weight is 426 g/mol. The highest BCUT2D eigenvalue weighted by molar-refractivity contribution is 5.61. The molecule has 0 bridgehead atoms. The van der Waals surface area contributed by atoms with Gasteiger partial charge in [0.25, 0.3) is 0 Å². The first-order valence-corrected chi connectivity index (χ1v) is 9.74. The zero-order valence-electron chi connectivity index (χ0n) is 17.1. The standard InChI is InChI=1S/C20H26O10/c1-4-24-19(21)29-15-14-13(11-26-17(28-14)12-9-7-6-8-10-12)27-18(23-3)16(15)30-20(22)25-5-2/h6-10,13-18H,4-5,11H2,1-3H3/t13-,14-,15+,16-,17+,18+/m1/s1. The van der Waals surface area contributed by atoms with Gasteiger partial charge in [0.05, 0.1) is 19.8 Å². The van der Waals surface area contributed by atoms with Crippen LogP contribution in [0.2, 0.25) is 0 Å². The number of rotatable bonds is 6. The molecule has 10 nitrogen and oxygen atoms in total. The van der Waals surface area contributed by atoms with Gasteiger partial charge in [-0.15, -0.1) is 0 Å². The normalized spacial score (nSPS) is 30.6. The van der Waals surface area contributed by atoms with Gasteiger partial charge in [-0.3, -0.25) is 0 Å². The molecule has 6 atom stereocenters. The predicted octanol–water partition coefficient (Wildman–Crippen LogP) is 2.56. The van der Waals surface area contributed by atoms with Crippen molar-refractivity contribution in [3.63, 3.8) is 0 Å². The largest absolute Gasteiger partial charge is 0.508 e. The Hall–Kier alpha value is -2.40. The molecule has 2 aliphatic heterocycles. The van der Waals surface area contributed by atoms with E-state index in [1.54, 1.807) is 13.8 Å². The molecule has 0 aliphatic carbocycles. The van der Waals surface area contributed by atoms with Crippen LogP contribution in [0.1, 0.15) is 25.7 Å². The molecule has 0 aromatic heterocycles. The van der Waals surface area contributed by atoms with E-state index in [0.717, 1.165) is 5.56 Å².